The summed E-state index contributed by atoms with van der Waals surface area (Å²) in [7, 11) is 3.75. The highest BCUT2D eigenvalue weighted by Gasteiger charge is 2.26. The molecule has 0 saturated heterocycles. The maximum absolute atomic E-state index is 12.7. The van der Waals surface area contributed by atoms with E-state index >= 15 is 0 Å². The third-order valence-corrected chi connectivity index (χ3v) is 3.57. The van der Waals surface area contributed by atoms with Crippen molar-refractivity contribution in [2.75, 3.05) is 14.1 Å². The van der Waals surface area contributed by atoms with Crippen molar-refractivity contribution in [1.29, 1.82) is 0 Å². The number of esters is 1. The van der Waals surface area contributed by atoms with Gasteiger partial charge in [0, 0.05) is 0 Å². The molecule has 6 heteroatoms. The van der Waals surface area contributed by atoms with E-state index in [-0.39, 0.29) is 18.1 Å². The van der Waals surface area contributed by atoms with Crippen molar-refractivity contribution < 1.29 is 18.8 Å². The predicted molar refractivity (Wildman–Crippen MR) is 96.1 cm³/mol. The highest BCUT2D eigenvalue weighted by molar-refractivity contribution is 5.94. The molecule has 3 rings (SSSR count). The molecule has 0 saturated carbocycles. The molecule has 0 radical (unpaired) electrons. The van der Waals surface area contributed by atoms with Crippen LogP contribution in [0.1, 0.15) is 21.7 Å². The average Bonchev–Trinajstić information content (AvgIpc) is 3.03. The molecule has 0 bridgehead atoms. The topological polar surface area (TPSA) is 64.8 Å². The Kier molecular flexibility index (Phi) is 5.66. The predicted octanol–water partition coefficient (Wildman–Crippen LogP) is 3.53. The smallest absolute Gasteiger partial charge is 0.352 e. The number of hydrogen-bond acceptors (Lipinski definition) is 6. The number of carbonyl (C=O) groups excluding carboxylic acids is 1. The van der Waals surface area contributed by atoms with Crippen molar-refractivity contribution in [2.45, 2.75) is 13.2 Å². The van der Waals surface area contributed by atoms with Crippen LogP contribution in [0.15, 0.2) is 65.2 Å². The van der Waals surface area contributed by atoms with Gasteiger partial charge < -0.3 is 18.9 Å². The van der Waals surface area contributed by atoms with Gasteiger partial charge in [0.25, 0.3) is 5.88 Å². The van der Waals surface area contributed by atoms with Crippen LogP contribution in [0.4, 0.5) is 0 Å². The summed E-state index contributed by atoms with van der Waals surface area (Å²) >= 11 is 0. The average molecular weight is 352 g/mol. The minimum absolute atomic E-state index is 0.131. The van der Waals surface area contributed by atoms with E-state index in [0.29, 0.717) is 18.1 Å². The molecule has 26 heavy (non-hydrogen) atoms. The SMILES string of the molecule is CN(C)Cc1onc(OCc2ccccc2)c1C(=O)Oc1ccccc1. The van der Waals surface area contributed by atoms with Gasteiger partial charge in [-0.15, -0.1) is 0 Å². The third-order valence-electron chi connectivity index (χ3n) is 3.57. The fraction of sp³-hybridized carbons (Fsp3) is 0.200. The van der Waals surface area contributed by atoms with Crippen LogP contribution < -0.4 is 9.47 Å². The lowest BCUT2D eigenvalue weighted by molar-refractivity contribution is 0.0727. The molecule has 3 aromatic rings. The summed E-state index contributed by atoms with van der Waals surface area (Å²) < 4.78 is 16.5. The molecule has 1 heterocycles. The summed E-state index contributed by atoms with van der Waals surface area (Å²) in [6.07, 6.45) is 0. The third kappa shape index (κ3) is 4.49. The lowest BCUT2D eigenvalue weighted by Gasteiger charge is -2.09. The molecule has 0 aliphatic heterocycles. The Hall–Kier alpha value is -3.12. The van der Waals surface area contributed by atoms with Gasteiger partial charge in [0.05, 0.1) is 6.54 Å². The van der Waals surface area contributed by atoms with Gasteiger partial charge in [0.15, 0.2) is 11.3 Å². The van der Waals surface area contributed by atoms with Crippen molar-refractivity contribution in [2.24, 2.45) is 0 Å². The van der Waals surface area contributed by atoms with Crippen molar-refractivity contribution in [3.05, 3.63) is 77.6 Å². The summed E-state index contributed by atoms with van der Waals surface area (Å²) in [6, 6.07) is 18.5. The summed E-state index contributed by atoms with van der Waals surface area (Å²) in [5.41, 5.74) is 1.17. The van der Waals surface area contributed by atoms with Gasteiger partial charge >= 0.3 is 5.97 Å². The van der Waals surface area contributed by atoms with E-state index < -0.39 is 5.97 Å². The van der Waals surface area contributed by atoms with Gasteiger partial charge in [0.1, 0.15) is 12.4 Å². The van der Waals surface area contributed by atoms with Gasteiger partial charge in [-0.25, -0.2) is 4.79 Å². The lowest BCUT2D eigenvalue weighted by Crippen LogP contribution is -2.16. The molecule has 0 fully saturated rings. The number of hydrogen-bond donors (Lipinski definition) is 0. The number of para-hydroxylation sites is 1. The van der Waals surface area contributed by atoms with E-state index in [9.17, 15) is 4.79 Å². The Morgan fingerprint density at radius 3 is 2.35 bits per heavy atom. The highest BCUT2D eigenvalue weighted by Crippen LogP contribution is 2.25. The van der Waals surface area contributed by atoms with Crippen LogP contribution >= 0.6 is 0 Å². The Labute approximate surface area is 151 Å². The van der Waals surface area contributed by atoms with E-state index in [1.807, 2.05) is 55.4 Å². The molecule has 0 aliphatic carbocycles. The zero-order chi connectivity index (χ0) is 18.4. The summed E-state index contributed by atoms with van der Waals surface area (Å²) in [6.45, 7) is 0.682. The maximum Gasteiger partial charge on any atom is 0.352 e. The second-order valence-corrected chi connectivity index (χ2v) is 6.00. The van der Waals surface area contributed by atoms with Crippen LogP contribution in [0.5, 0.6) is 11.6 Å². The normalized spacial score (nSPS) is 10.7. The van der Waals surface area contributed by atoms with Crippen LogP contribution in [-0.2, 0) is 13.2 Å². The first-order valence-corrected chi connectivity index (χ1v) is 8.20. The zero-order valence-electron chi connectivity index (χ0n) is 14.7. The monoisotopic (exact) mass is 352 g/mol. The van der Waals surface area contributed by atoms with Crippen LogP contribution in [0.25, 0.3) is 0 Å². The van der Waals surface area contributed by atoms with E-state index in [0.717, 1.165) is 5.56 Å². The van der Waals surface area contributed by atoms with E-state index in [1.165, 1.54) is 0 Å². The Morgan fingerprint density at radius 2 is 1.69 bits per heavy atom. The van der Waals surface area contributed by atoms with Crippen molar-refractivity contribution in [3.63, 3.8) is 0 Å². The molecule has 0 atom stereocenters. The minimum Gasteiger partial charge on any atom is -0.470 e. The summed E-state index contributed by atoms with van der Waals surface area (Å²) in [5.74, 6) is 0.423. The lowest BCUT2D eigenvalue weighted by atomic mass is 10.2. The molecule has 0 aliphatic rings. The van der Waals surface area contributed by atoms with E-state index in [2.05, 4.69) is 5.16 Å². The number of benzene rings is 2. The number of ether oxygens (including phenoxy) is 2. The fourth-order valence-corrected chi connectivity index (χ4v) is 2.37. The Balaban J connectivity index is 1.82. The summed E-state index contributed by atoms with van der Waals surface area (Å²) in [5, 5.41) is 3.92. The first-order valence-electron chi connectivity index (χ1n) is 8.20. The molecular formula is C20H20N2O4. The molecule has 6 nitrogen and oxygen atoms in total. The number of rotatable bonds is 7. The van der Waals surface area contributed by atoms with Crippen LogP contribution in [-0.4, -0.2) is 30.1 Å². The van der Waals surface area contributed by atoms with Gasteiger partial charge in [-0.3, -0.25) is 0 Å². The standard InChI is InChI=1S/C20H20N2O4/c1-22(2)13-17-18(20(23)25-16-11-7-4-8-12-16)19(21-26-17)24-14-15-9-5-3-6-10-15/h3-12H,13-14H2,1-2H3. The van der Waals surface area contributed by atoms with Crippen LogP contribution in [0, 0.1) is 0 Å². The second-order valence-electron chi connectivity index (χ2n) is 6.00. The Morgan fingerprint density at radius 1 is 1.04 bits per heavy atom. The molecule has 0 unspecified atom stereocenters. The maximum atomic E-state index is 12.7. The van der Waals surface area contributed by atoms with Crippen molar-refractivity contribution in [3.8, 4) is 11.6 Å². The molecule has 134 valence electrons. The second kappa shape index (κ2) is 8.31. The summed E-state index contributed by atoms with van der Waals surface area (Å²) in [4.78, 5) is 14.6. The van der Waals surface area contributed by atoms with Crippen LogP contribution in [0.3, 0.4) is 0 Å². The zero-order valence-corrected chi connectivity index (χ0v) is 14.7. The van der Waals surface area contributed by atoms with Crippen LogP contribution in [0.2, 0.25) is 0 Å². The number of aromatic nitrogens is 1. The van der Waals surface area contributed by atoms with Gasteiger partial charge in [-0.1, -0.05) is 48.5 Å². The molecule has 0 spiro atoms. The minimum atomic E-state index is -0.558. The molecule has 1 aromatic heterocycles. The Bertz CT molecular complexity index is 845. The van der Waals surface area contributed by atoms with E-state index in [4.69, 9.17) is 14.0 Å². The number of nitrogens with zero attached hydrogens (tertiary/aromatic N) is 2. The molecule has 2 aromatic carbocycles. The van der Waals surface area contributed by atoms with Gasteiger partial charge in [-0.2, -0.15) is 0 Å². The molecule has 0 N–H and O–H groups in total. The quantitative estimate of drug-likeness (QED) is 0.479. The first-order chi connectivity index (χ1) is 12.6. The molecule has 0 amide bonds. The van der Waals surface area contributed by atoms with E-state index in [1.54, 1.807) is 24.3 Å². The van der Waals surface area contributed by atoms with Gasteiger partial charge in [-0.05, 0) is 36.9 Å². The fourth-order valence-electron chi connectivity index (χ4n) is 2.37. The van der Waals surface area contributed by atoms with Crippen molar-refractivity contribution >= 4 is 5.97 Å². The van der Waals surface area contributed by atoms with Gasteiger partial charge in [0.2, 0.25) is 0 Å². The largest absolute Gasteiger partial charge is 0.470 e. The highest BCUT2D eigenvalue weighted by atomic mass is 16.6. The first kappa shape index (κ1) is 17.7. The number of carbonyl (C=O) groups is 1. The molecular weight excluding hydrogens is 332 g/mol. The van der Waals surface area contributed by atoms with Crippen molar-refractivity contribution in [1.82, 2.24) is 10.1 Å².